The monoisotopic (exact) mass is 1150 g/mol. The number of hydrogen-bond acceptors (Lipinski definition) is 20. The van der Waals surface area contributed by atoms with Crippen molar-refractivity contribution in [3.8, 4) is 0 Å². The molecule has 81 heavy (non-hydrogen) atoms. The number of aliphatic hydroxyl groups is 4. The summed E-state index contributed by atoms with van der Waals surface area (Å²) in [6.45, 7) is 21.3. The number of nitrogens with one attached hydrogen (secondary N) is 1. The van der Waals surface area contributed by atoms with Crippen molar-refractivity contribution < 1.29 is 87.4 Å². The summed E-state index contributed by atoms with van der Waals surface area (Å²) in [6, 6.07) is 3.33. The number of benzene rings is 1. The number of carboxylic acid groups (broad SMARTS) is 1. The Bertz CT molecular complexity index is 2590. The Kier molecular flexibility index (Phi) is 21.7. The number of methoxy groups -OCH3 is 1. The van der Waals surface area contributed by atoms with Gasteiger partial charge in [0, 0.05) is 67.6 Å². The molecule has 2 aromatic rings. The molecule has 458 valence electrons. The molecule has 4 aliphatic rings. The first-order valence-corrected chi connectivity index (χ1v) is 28.4. The van der Waals surface area contributed by atoms with Gasteiger partial charge in [0.1, 0.15) is 41.8 Å². The third-order valence-electron chi connectivity index (χ3n) is 17.1. The molecule has 6 rings (SSSR count). The second kappa shape index (κ2) is 26.7. The molecule has 23 nitrogen and oxygen atoms in total. The van der Waals surface area contributed by atoms with Crippen LogP contribution in [0.25, 0.3) is 10.9 Å². The summed E-state index contributed by atoms with van der Waals surface area (Å²) in [4.78, 5) is 60.4. The van der Waals surface area contributed by atoms with Crippen LogP contribution in [-0.4, -0.2) is 191 Å². The van der Waals surface area contributed by atoms with E-state index >= 15 is 0 Å². The molecule has 3 saturated heterocycles. The fourth-order valence-electron chi connectivity index (χ4n) is 12.5. The first kappa shape index (κ1) is 65.8. The van der Waals surface area contributed by atoms with Crippen LogP contribution in [0.3, 0.4) is 0 Å². The van der Waals surface area contributed by atoms with Crippen LogP contribution >= 0.6 is 0 Å². The molecule has 18 atom stereocenters. The van der Waals surface area contributed by atoms with Gasteiger partial charge in [0.2, 0.25) is 5.43 Å². The van der Waals surface area contributed by atoms with Gasteiger partial charge in [-0.25, -0.2) is 9.59 Å². The van der Waals surface area contributed by atoms with Crippen molar-refractivity contribution in [2.24, 2.45) is 28.8 Å². The maximum absolute atomic E-state index is 14.6. The molecule has 0 aliphatic carbocycles. The Balaban J connectivity index is 1.17. The summed E-state index contributed by atoms with van der Waals surface area (Å²) in [5.41, 5.74) is -4.15. The van der Waals surface area contributed by atoms with E-state index in [0.717, 1.165) is 11.1 Å². The van der Waals surface area contributed by atoms with E-state index in [9.17, 15) is 44.7 Å². The topological polar surface area (TPSA) is 294 Å². The number of alkyl carbamates (subject to hydrolysis) is 1. The van der Waals surface area contributed by atoms with Gasteiger partial charge < -0.3 is 87.8 Å². The van der Waals surface area contributed by atoms with Crippen molar-refractivity contribution >= 4 is 34.6 Å². The van der Waals surface area contributed by atoms with Crippen LogP contribution in [0.5, 0.6) is 0 Å². The summed E-state index contributed by atoms with van der Waals surface area (Å²) >= 11 is 0. The molecule has 4 aliphatic heterocycles. The van der Waals surface area contributed by atoms with Crippen LogP contribution in [0.15, 0.2) is 28.3 Å². The number of likely N-dealkylation sites (N-methyl/N-ethyl adjacent to an activating group) is 1. The van der Waals surface area contributed by atoms with Crippen molar-refractivity contribution in [2.45, 2.75) is 218 Å². The van der Waals surface area contributed by atoms with Crippen molar-refractivity contribution in [3.05, 3.63) is 45.2 Å². The Morgan fingerprint density at radius 2 is 1.62 bits per heavy atom. The quantitative estimate of drug-likeness (QED) is 0.0702. The van der Waals surface area contributed by atoms with Gasteiger partial charge in [-0.15, -0.1) is 0 Å². The highest BCUT2D eigenvalue weighted by Gasteiger charge is 2.54. The maximum Gasteiger partial charge on any atom is 0.407 e. The van der Waals surface area contributed by atoms with Crippen LogP contribution in [0.1, 0.15) is 137 Å². The first-order valence-electron chi connectivity index (χ1n) is 28.4. The van der Waals surface area contributed by atoms with Crippen LogP contribution in [0, 0.1) is 23.7 Å². The fourth-order valence-corrected chi connectivity index (χ4v) is 12.5. The number of aliphatic hydroxyl groups excluding tert-OH is 2. The highest BCUT2D eigenvalue weighted by Crippen LogP contribution is 2.42. The molecule has 6 N–H and O–H groups in total. The molecule has 5 heterocycles. The van der Waals surface area contributed by atoms with Crippen molar-refractivity contribution in [2.75, 3.05) is 48.1 Å². The van der Waals surface area contributed by atoms with Crippen LogP contribution < -0.4 is 10.7 Å². The summed E-state index contributed by atoms with van der Waals surface area (Å²) in [7, 11) is 6.53. The molecule has 3 fully saturated rings. The number of esters is 1. The zero-order valence-electron chi connectivity index (χ0n) is 50.3. The summed E-state index contributed by atoms with van der Waals surface area (Å²) in [6.07, 6.45) is -8.54. The molecular weight excluding hydrogens is 1060 g/mol. The predicted molar refractivity (Wildman–Crippen MR) is 296 cm³/mol. The van der Waals surface area contributed by atoms with Crippen molar-refractivity contribution in [1.29, 1.82) is 0 Å². The molecule has 0 spiro atoms. The Morgan fingerprint density at radius 3 is 2.25 bits per heavy atom. The fraction of sp³-hybridized carbons (Fsp3) is 0.776. The standard InChI is InChI=1S/C58H92N4O19/c1-17-41-58(12,71)48(65)32(4)43(60-73-16)30(2)26-56(10,70)49(80-53-46(64)40(61(13)14)23-31(3)76-53)33(5)47(34(6)52(68)78-41)79-42-27-57(11,72-15)50(35(7)77-42)81-54(69)59-20-22-74-21-18-19-36-24-37-29-75-55(8,9)62-28-39(51(66)67)45(63)38(25-36)44(37)62/h24-25,28,30-35,40-42,46-50,53,64-65,70-71H,17-23,26-27,29H2,1-16H3,(H,59,69)(H,66,67)/b60-43+/t30-,31+,32+,33+,34-,35+,40-,41-,42+,46+,47+,48-,49-,50+,53-,56-,57-,58-/m1/s1. The number of hydrogen-bond donors (Lipinski definition) is 6. The van der Waals surface area contributed by atoms with Gasteiger partial charge in [0.15, 0.2) is 18.7 Å². The molecule has 1 aromatic heterocycles. The highest BCUT2D eigenvalue weighted by atomic mass is 16.7. The van der Waals surface area contributed by atoms with Gasteiger partial charge in [0.25, 0.3) is 0 Å². The molecule has 1 amide bonds. The molecule has 0 saturated carbocycles. The lowest BCUT2D eigenvalue weighted by Crippen LogP contribution is -2.61. The molecule has 23 heteroatoms. The number of nitrogens with zero attached hydrogens (tertiary/aromatic N) is 3. The summed E-state index contributed by atoms with van der Waals surface area (Å²) in [5, 5.41) is 65.6. The van der Waals surface area contributed by atoms with E-state index < -0.39 is 125 Å². The van der Waals surface area contributed by atoms with E-state index in [1.807, 2.05) is 52.8 Å². The van der Waals surface area contributed by atoms with E-state index in [0.29, 0.717) is 42.5 Å². The smallest absolute Gasteiger partial charge is 0.407 e. The third-order valence-corrected chi connectivity index (χ3v) is 17.1. The minimum absolute atomic E-state index is 0.0148. The van der Waals surface area contributed by atoms with Crippen LogP contribution in [0.2, 0.25) is 0 Å². The third kappa shape index (κ3) is 14.6. The van der Waals surface area contributed by atoms with Crippen LogP contribution in [-0.2, 0) is 71.0 Å². The Morgan fingerprint density at radius 1 is 0.926 bits per heavy atom. The zero-order valence-corrected chi connectivity index (χ0v) is 50.3. The lowest BCUT2D eigenvalue weighted by Gasteiger charge is -2.49. The largest absolute Gasteiger partial charge is 0.477 e. The average molecular weight is 1150 g/mol. The van der Waals surface area contributed by atoms with Crippen molar-refractivity contribution in [1.82, 2.24) is 14.8 Å². The van der Waals surface area contributed by atoms with E-state index in [1.54, 1.807) is 59.1 Å². The van der Waals surface area contributed by atoms with Crippen molar-refractivity contribution in [3.63, 3.8) is 0 Å². The lowest BCUT2D eigenvalue weighted by atomic mass is 9.73. The lowest BCUT2D eigenvalue weighted by molar-refractivity contribution is -0.317. The molecule has 1 aromatic carbocycles. The zero-order chi connectivity index (χ0) is 60.3. The number of aromatic nitrogens is 1. The molecule has 0 bridgehead atoms. The predicted octanol–water partition coefficient (Wildman–Crippen LogP) is 4.84. The number of aryl methyl sites for hydroxylation is 1. The number of carbonyl (C=O) groups is 3. The Hall–Kier alpha value is -4.37. The number of cyclic esters (lactones) is 1. The first-order chi connectivity index (χ1) is 37.8. The van der Waals surface area contributed by atoms with Gasteiger partial charge in [-0.1, -0.05) is 38.9 Å². The van der Waals surface area contributed by atoms with E-state index in [-0.39, 0.29) is 56.7 Å². The van der Waals surface area contributed by atoms with Gasteiger partial charge in [-0.3, -0.25) is 9.59 Å². The minimum Gasteiger partial charge on any atom is -0.477 e. The average Bonchev–Trinajstić information content (AvgIpc) is 3.60. The second-order valence-corrected chi connectivity index (χ2v) is 24.2. The van der Waals surface area contributed by atoms with Gasteiger partial charge in [-0.2, -0.15) is 0 Å². The molecule has 0 radical (unpaired) electrons. The van der Waals surface area contributed by atoms with E-state index in [4.69, 9.17) is 47.5 Å². The number of oxime groups is 1. The molecule has 0 unspecified atom stereocenters. The number of aromatic carboxylic acids is 1. The number of carbonyl (C=O) groups excluding carboxylic acids is 2. The normalized spacial score (nSPS) is 37.4. The number of carboxylic acids is 1. The van der Waals surface area contributed by atoms with Crippen LogP contribution in [0.4, 0.5) is 4.79 Å². The number of ether oxygens (including phenoxy) is 9. The highest BCUT2D eigenvalue weighted by molar-refractivity contribution is 5.94. The maximum atomic E-state index is 14.6. The Labute approximate surface area is 475 Å². The van der Waals surface area contributed by atoms with Gasteiger partial charge >= 0.3 is 18.0 Å². The minimum atomic E-state index is -1.99. The van der Waals surface area contributed by atoms with E-state index in [2.05, 4.69) is 10.5 Å². The number of rotatable bonds is 17. The summed E-state index contributed by atoms with van der Waals surface area (Å²) < 4.78 is 58.2. The van der Waals surface area contributed by atoms with Gasteiger partial charge in [0.05, 0.1) is 66.5 Å². The number of amides is 1. The molecular formula is C58H92N4O19. The van der Waals surface area contributed by atoms with E-state index in [1.165, 1.54) is 27.3 Å². The SMILES string of the molecule is CC[C@H]1OC(=O)[C@H](C)[C@@H](O[C@H]2C[C@@](C)(OC)[C@@H](OC(=O)NCCOCCCc3cc4c5c(c3)c(=O)c(C(=O)O)cn5C(C)(C)OC4)[C@H](C)O2)[C@H](C)[C@@H](O[C@H]2O[C@@H](C)C[C@@H](N(C)C)[C@@H]2O)[C@](C)(O)C[C@@H](C)/C(=N\OC)[C@H](C)[C@@H](O)[C@]1(C)O. The number of pyridine rings is 1. The van der Waals surface area contributed by atoms with Gasteiger partial charge in [-0.05, 0) is 113 Å². The second-order valence-electron chi connectivity index (χ2n) is 24.2. The summed E-state index contributed by atoms with van der Waals surface area (Å²) in [5.74, 6) is -5.61.